The molecule has 4 N–H and O–H groups in total. The number of carbonyl (C=O) groups is 1. The van der Waals surface area contributed by atoms with Crippen LogP contribution in [0.25, 0.3) is 0 Å². The number of nitrogen functional groups attached to an aromatic ring is 1. The van der Waals surface area contributed by atoms with Crippen molar-refractivity contribution in [1.29, 1.82) is 0 Å². The number of nitrogens with two attached hydrogens (primary N) is 1. The number of rotatable bonds is 7. The van der Waals surface area contributed by atoms with E-state index in [9.17, 15) is 4.79 Å². The summed E-state index contributed by atoms with van der Waals surface area (Å²) < 4.78 is 0. The molecule has 1 aromatic heterocycles. The van der Waals surface area contributed by atoms with Gasteiger partial charge in [-0.1, -0.05) is 0 Å². The zero-order valence-electron chi connectivity index (χ0n) is 10.7. The number of aromatic nitrogens is 1. The summed E-state index contributed by atoms with van der Waals surface area (Å²) in [5.41, 5.74) is 2.92. The van der Waals surface area contributed by atoms with Crippen molar-refractivity contribution in [3.05, 3.63) is 16.1 Å². The number of nitrogens with one attached hydrogen (secondary N) is 1. The van der Waals surface area contributed by atoms with Gasteiger partial charge < -0.3 is 5.11 Å². The van der Waals surface area contributed by atoms with E-state index < -0.39 is 0 Å². The predicted octanol–water partition coefficient (Wildman–Crippen LogP) is 0.339. The Bertz CT molecular complexity index is 381. The van der Waals surface area contributed by atoms with Crippen molar-refractivity contribution in [2.45, 2.75) is 32.9 Å². The molecule has 0 radical (unpaired) electrons. The predicted molar refractivity (Wildman–Crippen MR) is 71.0 cm³/mol. The molecule has 0 fully saturated rings. The molecular weight excluding hydrogens is 252 g/mol. The molecule has 0 spiro atoms. The minimum Gasteiger partial charge on any atom is -0.396 e. The van der Waals surface area contributed by atoms with Crippen LogP contribution in [-0.2, 0) is 6.54 Å². The van der Waals surface area contributed by atoms with E-state index in [1.165, 1.54) is 11.3 Å². The molecule has 1 amide bonds. The maximum atomic E-state index is 11.3. The standard InChI is InChI=1S/C11H20N4O2S/c1-8(2)15(4-3-5-16)6-9-7-18-11(13-9)10(17)14-12/h7-8,16H,3-6,12H2,1-2H3,(H,14,17). The quantitative estimate of drug-likeness (QED) is 0.378. The molecule has 0 aliphatic rings. The van der Waals surface area contributed by atoms with E-state index in [2.05, 4.69) is 29.2 Å². The Morgan fingerprint density at radius 1 is 1.67 bits per heavy atom. The molecule has 0 aliphatic carbocycles. The number of aliphatic hydroxyl groups is 1. The summed E-state index contributed by atoms with van der Waals surface area (Å²) in [4.78, 5) is 17.7. The minimum absolute atomic E-state index is 0.182. The van der Waals surface area contributed by atoms with Gasteiger partial charge in [0.1, 0.15) is 0 Å². The Balaban J connectivity index is 2.63. The van der Waals surface area contributed by atoms with Crippen molar-refractivity contribution in [2.75, 3.05) is 13.2 Å². The van der Waals surface area contributed by atoms with Crippen LogP contribution < -0.4 is 11.3 Å². The van der Waals surface area contributed by atoms with Crippen LogP contribution in [0.1, 0.15) is 35.8 Å². The van der Waals surface area contributed by atoms with Gasteiger partial charge in [0.2, 0.25) is 0 Å². The summed E-state index contributed by atoms with van der Waals surface area (Å²) in [7, 11) is 0. The Morgan fingerprint density at radius 2 is 2.39 bits per heavy atom. The first-order valence-electron chi connectivity index (χ1n) is 5.88. The van der Waals surface area contributed by atoms with Gasteiger partial charge in [-0.2, -0.15) is 0 Å². The summed E-state index contributed by atoms with van der Waals surface area (Å²) in [6.45, 7) is 5.85. The SMILES string of the molecule is CC(C)N(CCCO)Cc1csc(C(=O)NN)n1. The third-order valence-corrected chi connectivity index (χ3v) is 3.47. The highest BCUT2D eigenvalue weighted by Gasteiger charge is 2.14. The Kier molecular flexibility index (Phi) is 6.20. The summed E-state index contributed by atoms with van der Waals surface area (Å²) in [6, 6.07) is 0.366. The van der Waals surface area contributed by atoms with Gasteiger partial charge in [-0.15, -0.1) is 11.3 Å². The van der Waals surface area contributed by atoms with E-state index >= 15 is 0 Å². The maximum absolute atomic E-state index is 11.3. The molecule has 1 heterocycles. The summed E-state index contributed by atoms with van der Waals surface area (Å²) in [6.07, 6.45) is 0.735. The average Bonchev–Trinajstić information content (AvgIpc) is 2.81. The highest BCUT2D eigenvalue weighted by molar-refractivity contribution is 7.11. The van der Waals surface area contributed by atoms with E-state index in [-0.39, 0.29) is 12.5 Å². The first-order chi connectivity index (χ1) is 8.58. The zero-order chi connectivity index (χ0) is 13.5. The van der Waals surface area contributed by atoms with Gasteiger partial charge in [-0.25, -0.2) is 10.8 Å². The molecule has 1 rings (SSSR count). The lowest BCUT2D eigenvalue weighted by Crippen LogP contribution is -2.32. The molecule has 0 saturated heterocycles. The van der Waals surface area contributed by atoms with Crippen LogP contribution in [0.3, 0.4) is 0 Å². The number of thiazole rings is 1. The van der Waals surface area contributed by atoms with E-state index in [1.807, 2.05) is 5.38 Å². The number of hydrogen-bond acceptors (Lipinski definition) is 6. The molecule has 1 aromatic rings. The molecule has 0 unspecified atom stereocenters. The van der Waals surface area contributed by atoms with Crippen LogP contribution in [0.15, 0.2) is 5.38 Å². The molecule has 18 heavy (non-hydrogen) atoms. The molecule has 0 aromatic carbocycles. The third-order valence-electron chi connectivity index (χ3n) is 2.58. The van der Waals surface area contributed by atoms with Crippen molar-refractivity contribution in [2.24, 2.45) is 5.84 Å². The third kappa shape index (κ3) is 4.34. The number of aliphatic hydroxyl groups excluding tert-OH is 1. The van der Waals surface area contributed by atoms with E-state index in [4.69, 9.17) is 10.9 Å². The van der Waals surface area contributed by atoms with E-state index in [0.29, 0.717) is 17.6 Å². The normalized spacial score (nSPS) is 11.2. The second kappa shape index (κ2) is 7.42. The average molecular weight is 272 g/mol. The molecule has 0 saturated carbocycles. The fourth-order valence-electron chi connectivity index (χ4n) is 1.55. The summed E-state index contributed by atoms with van der Waals surface area (Å²) in [5.74, 6) is 4.69. The fraction of sp³-hybridized carbons (Fsp3) is 0.636. The highest BCUT2D eigenvalue weighted by atomic mass is 32.1. The van der Waals surface area contributed by atoms with Gasteiger partial charge in [-0.05, 0) is 20.3 Å². The Labute approximate surface area is 111 Å². The van der Waals surface area contributed by atoms with Gasteiger partial charge in [0.05, 0.1) is 5.69 Å². The molecular formula is C11H20N4O2S. The number of nitrogens with zero attached hydrogens (tertiary/aromatic N) is 2. The lowest BCUT2D eigenvalue weighted by atomic mass is 10.2. The lowest BCUT2D eigenvalue weighted by molar-refractivity contribution is 0.0953. The van der Waals surface area contributed by atoms with Gasteiger partial charge in [-0.3, -0.25) is 15.1 Å². The first kappa shape index (κ1) is 15.0. The topological polar surface area (TPSA) is 91.5 Å². The second-order valence-corrected chi connectivity index (χ2v) is 5.12. The molecule has 7 heteroatoms. The van der Waals surface area contributed by atoms with Crippen LogP contribution in [0, 0.1) is 0 Å². The number of hydrazine groups is 1. The maximum Gasteiger partial charge on any atom is 0.294 e. The summed E-state index contributed by atoms with van der Waals surface area (Å²) in [5, 5.41) is 11.1. The lowest BCUT2D eigenvalue weighted by Gasteiger charge is -2.25. The minimum atomic E-state index is -0.363. The largest absolute Gasteiger partial charge is 0.396 e. The van der Waals surface area contributed by atoms with Crippen molar-refractivity contribution >= 4 is 17.2 Å². The van der Waals surface area contributed by atoms with Crippen LogP contribution in [0.4, 0.5) is 0 Å². The molecule has 0 atom stereocenters. The highest BCUT2D eigenvalue weighted by Crippen LogP contribution is 2.13. The van der Waals surface area contributed by atoms with Crippen molar-refractivity contribution in [3.63, 3.8) is 0 Å². The van der Waals surface area contributed by atoms with Gasteiger partial charge >= 0.3 is 0 Å². The van der Waals surface area contributed by atoms with Crippen molar-refractivity contribution in [3.8, 4) is 0 Å². The van der Waals surface area contributed by atoms with Gasteiger partial charge in [0.25, 0.3) is 5.91 Å². The first-order valence-corrected chi connectivity index (χ1v) is 6.76. The van der Waals surface area contributed by atoms with Crippen molar-refractivity contribution < 1.29 is 9.90 Å². The molecule has 0 bridgehead atoms. The number of carbonyl (C=O) groups excluding carboxylic acids is 1. The summed E-state index contributed by atoms with van der Waals surface area (Å²) >= 11 is 1.28. The zero-order valence-corrected chi connectivity index (χ0v) is 11.5. The molecule has 102 valence electrons. The molecule has 0 aliphatic heterocycles. The fourth-order valence-corrected chi connectivity index (χ4v) is 2.26. The van der Waals surface area contributed by atoms with Crippen LogP contribution in [0.2, 0.25) is 0 Å². The van der Waals surface area contributed by atoms with Crippen LogP contribution >= 0.6 is 11.3 Å². The van der Waals surface area contributed by atoms with Gasteiger partial charge in [0.15, 0.2) is 5.01 Å². The monoisotopic (exact) mass is 272 g/mol. The van der Waals surface area contributed by atoms with Gasteiger partial charge in [0, 0.05) is 31.1 Å². The molecule has 6 nitrogen and oxygen atoms in total. The number of hydrogen-bond donors (Lipinski definition) is 3. The smallest absolute Gasteiger partial charge is 0.294 e. The second-order valence-electron chi connectivity index (χ2n) is 4.26. The Morgan fingerprint density at radius 3 is 2.94 bits per heavy atom. The van der Waals surface area contributed by atoms with Crippen molar-refractivity contribution in [1.82, 2.24) is 15.3 Å². The van der Waals surface area contributed by atoms with E-state index in [0.717, 1.165) is 18.7 Å². The Hall–Kier alpha value is -1.02. The van der Waals surface area contributed by atoms with Crippen LogP contribution in [0.5, 0.6) is 0 Å². The van der Waals surface area contributed by atoms with E-state index in [1.54, 1.807) is 0 Å². The van der Waals surface area contributed by atoms with Crippen LogP contribution in [-0.4, -0.2) is 40.1 Å². The number of amides is 1.